The fourth-order valence-electron chi connectivity index (χ4n) is 1.45. The minimum absolute atomic E-state index is 0.0188. The van der Waals surface area contributed by atoms with E-state index < -0.39 is 11.6 Å². The molecule has 1 N–H and O–H groups in total. The van der Waals surface area contributed by atoms with Gasteiger partial charge in [0, 0.05) is 24.9 Å². The van der Waals surface area contributed by atoms with Gasteiger partial charge >= 0.3 is 0 Å². The molecule has 0 aliphatic carbocycles. The van der Waals surface area contributed by atoms with E-state index in [2.05, 4.69) is 5.32 Å². The first-order chi connectivity index (χ1) is 8.90. The van der Waals surface area contributed by atoms with Crippen LogP contribution in [0.1, 0.15) is 37.0 Å². The molecular weight excluding hydrogens is 252 g/mol. The van der Waals surface area contributed by atoms with Crippen LogP contribution in [-0.2, 0) is 4.79 Å². The van der Waals surface area contributed by atoms with Gasteiger partial charge in [0.05, 0.1) is 0 Å². The van der Waals surface area contributed by atoms with Crippen LogP contribution in [0.15, 0.2) is 18.2 Å². The number of halogens is 2. The van der Waals surface area contributed by atoms with Crippen molar-refractivity contribution in [3.05, 3.63) is 35.4 Å². The lowest BCUT2D eigenvalue weighted by Gasteiger charge is -2.07. The van der Waals surface area contributed by atoms with E-state index >= 15 is 0 Å². The number of carbonyl (C=O) groups excluding carboxylic acids is 2. The molecule has 0 aliphatic heterocycles. The first-order valence-electron chi connectivity index (χ1n) is 6.15. The smallest absolute Gasteiger partial charge is 0.220 e. The van der Waals surface area contributed by atoms with Crippen LogP contribution in [0.25, 0.3) is 0 Å². The van der Waals surface area contributed by atoms with Crippen LogP contribution >= 0.6 is 0 Å². The van der Waals surface area contributed by atoms with Crippen molar-refractivity contribution < 1.29 is 18.4 Å². The molecule has 0 radical (unpaired) electrons. The summed E-state index contributed by atoms with van der Waals surface area (Å²) in [7, 11) is 0. The Hall–Kier alpha value is -1.78. The molecule has 3 nitrogen and oxygen atoms in total. The molecule has 0 aromatic heterocycles. The molecule has 0 aliphatic rings. The Kier molecular flexibility index (Phi) is 5.60. The summed E-state index contributed by atoms with van der Waals surface area (Å²) in [5.74, 6) is -2.31. The van der Waals surface area contributed by atoms with Crippen molar-refractivity contribution in [3.8, 4) is 0 Å². The van der Waals surface area contributed by atoms with E-state index in [1.807, 2.05) is 13.8 Å². The first kappa shape index (κ1) is 15.3. The van der Waals surface area contributed by atoms with Gasteiger partial charge in [0.15, 0.2) is 17.4 Å². The van der Waals surface area contributed by atoms with Gasteiger partial charge < -0.3 is 5.32 Å². The van der Waals surface area contributed by atoms with Crippen LogP contribution < -0.4 is 5.32 Å². The molecule has 0 atom stereocenters. The summed E-state index contributed by atoms with van der Waals surface area (Å²) in [6.45, 7) is 4.48. The summed E-state index contributed by atoms with van der Waals surface area (Å²) in [5.41, 5.74) is 0.0792. The van der Waals surface area contributed by atoms with E-state index in [0.717, 1.165) is 12.1 Å². The van der Waals surface area contributed by atoms with E-state index in [0.29, 0.717) is 12.5 Å². The lowest BCUT2D eigenvalue weighted by atomic mass is 10.1. The van der Waals surface area contributed by atoms with Crippen LogP contribution in [0, 0.1) is 17.6 Å². The van der Waals surface area contributed by atoms with E-state index in [-0.39, 0.29) is 30.1 Å². The Balaban J connectivity index is 2.47. The standard InChI is InChI=1S/C14H17F2NO2/c1-9(2)8-17-14(19)6-5-13(18)10-3-4-11(15)12(16)7-10/h3-4,7,9H,5-6,8H2,1-2H3,(H,17,19). The molecule has 19 heavy (non-hydrogen) atoms. The Morgan fingerprint density at radius 3 is 2.42 bits per heavy atom. The highest BCUT2D eigenvalue weighted by Gasteiger charge is 2.12. The number of hydrogen-bond donors (Lipinski definition) is 1. The fourth-order valence-corrected chi connectivity index (χ4v) is 1.45. The second-order valence-electron chi connectivity index (χ2n) is 4.75. The molecule has 0 heterocycles. The molecule has 0 fully saturated rings. The Labute approximate surface area is 111 Å². The zero-order valence-corrected chi connectivity index (χ0v) is 11.0. The molecule has 0 bridgehead atoms. The number of carbonyl (C=O) groups is 2. The topological polar surface area (TPSA) is 46.2 Å². The maximum atomic E-state index is 12.9. The van der Waals surface area contributed by atoms with Gasteiger partial charge in [-0.1, -0.05) is 13.8 Å². The van der Waals surface area contributed by atoms with Gasteiger partial charge in [0.1, 0.15) is 0 Å². The van der Waals surface area contributed by atoms with Gasteiger partial charge in [0.2, 0.25) is 5.91 Å². The highest BCUT2D eigenvalue weighted by Crippen LogP contribution is 2.11. The van der Waals surface area contributed by atoms with Crippen molar-refractivity contribution in [2.45, 2.75) is 26.7 Å². The van der Waals surface area contributed by atoms with Crippen LogP contribution in [0.3, 0.4) is 0 Å². The molecule has 0 saturated heterocycles. The molecule has 0 saturated carbocycles. The summed E-state index contributed by atoms with van der Waals surface area (Å²) in [4.78, 5) is 23.1. The average molecular weight is 269 g/mol. The predicted octanol–water partition coefficient (Wildman–Crippen LogP) is 2.70. The van der Waals surface area contributed by atoms with Gasteiger partial charge in [-0.2, -0.15) is 0 Å². The third kappa shape index (κ3) is 5.16. The Morgan fingerprint density at radius 1 is 1.16 bits per heavy atom. The highest BCUT2D eigenvalue weighted by molar-refractivity contribution is 5.97. The third-order valence-electron chi connectivity index (χ3n) is 2.53. The molecule has 1 rings (SSSR count). The Morgan fingerprint density at radius 2 is 1.84 bits per heavy atom. The predicted molar refractivity (Wildman–Crippen MR) is 67.8 cm³/mol. The summed E-state index contributed by atoms with van der Waals surface area (Å²) >= 11 is 0. The lowest BCUT2D eigenvalue weighted by Crippen LogP contribution is -2.27. The van der Waals surface area contributed by atoms with Crippen molar-refractivity contribution in [1.82, 2.24) is 5.32 Å². The molecule has 1 aromatic carbocycles. The second kappa shape index (κ2) is 6.97. The maximum Gasteiger partial charge on any atom is 0.220 e. The van der Waals surface area contributed by atoms with Crippen molar-refractivity contribution in [2.24, 2.45) is 5.92 Å². The van der Waals surface area contributed by atoms with Crippen LogP contribution in [0.2, 0.25) is 0 Å². The Bertz CT molecular complexity index is 473. The van der Waals surface area contributed by atoms with Crippen LogP contribution in [0.4, 0.5) is 8.78 Å². The molecule has 5 heteroatoms. The van der Waals surface area contributed by atoms with Gasteiger partial charge in [0.25, 0.3) is 0 Å². The van der Waals surface area contributed by atoms with Gasteiger partial charge in [-0.05, 0) is 24.1 Å². The monoisotopic (exact) mass is 269 g/mol. The fraction of sp³-hybridized carbons (Fsp3) is 0.429. The number of Topliss-reactive ketones (excluding diaryl/α,β-unsaturated/α-hetero) is 1. The van der Waals surface area contributed by atoms with Crippen LogP contribution in [0.5, 0.6) is 0 Å². The number of hydrogen-bond acceptors (Lipinski definition) is 2. The minimum atomic E-state index is -1.06. The molecule has 104 valence electrons. The largest absolute Gasteiger partial charge is 0.356 e. The zero-order chi connectivity index (χ0) is 14.4. The van der Waals surface area contributed by atoms with E-state index in [1.54, 1.807) is 0 Å². The van der Waals surface area contributed by atoms with Gasteiger partial charge in [-0.3, -0.25) is 9.59 Å². The number of ketones is 1. The van der Waals surface area contributed by atoms with Crippen molar-refractivity contribution in [3.63, 3.8) is 0 Å². The van der Waals surface area contributed by atoms with E-state index in [1.165, 1.54) is 6.07 Å². The number of benzene rings is 1. The molecular formula is C14H17F2NO2. The van der Waals surface area contributed by atoms with E-state index in [4.69, 9.17) is 0 Å². The van der Waals surface area contributed by atoms with Crippen molar-refractivity contribution in [1.29, 1.82) is 0 Å². The van der Waals surface area contributed by atoms with Crippen molar-refractivity contribution >= 4 is 11.7 Å². The number of amides is 1. The summed E-state index contributed by atoms with van der Waals surface area (Å²) in [6.07, 6.45) is 0.0273. The third-order valence-corrected chi connectivity index (χ3v) is 2.53. The molecule has 1 amide bonds. The SMILES string of the molecule is CC(C)CNC(=O)CCC(=O)c1ccc(F)c(F)c1. The number of rotatable bonds is 6. The quantitative estimate of drug-likeness (QED) is 0.807. The van der Waals surface area contributed by atoms with Crippen molar-refractivity contribution in [2.75, 3.05) is 6.54 Å². The second-order valence-corrected chi connectivity index (χ2v) is 4.75. The average Bonchev–Trinajstić information content (AvgIpc) is 2.36. The first-order valence-corrected chi connectivity index (χ1v) is 6.15. The number of nitrogens with one attached hydrogen (secondary N) is 1. The lowest BCUT2D eigenvalue weighted by molar-refractivity contribution is -0.121. The maximum absolute atomic E-state index is 12.9. The normalized spacial score (nSPS) is 10.6. The van der Waals surface area contributed by atoms with Crippen LogP contribution in [-0.4, -0.2) is 18.2 Å². The zero-order valence-electron chi connectivity index (χ0n) is 11.0. The van der Waals surface area contributed by atoms with Gasteiger partial charge in [-0.15, -0.1) is 0 Å². The molecule has 0 unspecified atom stereocenters. The highest BCUT2D eigenvalue weighted by atomic mass is 19.2. The van der Waals surface area contributed by atoms with E-state index in [9.17, 15) is 18.4 Å². The molecule has 1 aromatic rings. The summed E-state index contributed by atoms with van der Waals surface area (Å²) in [6, 6.07) is 2.97. The summed E-state index contributed by atoms with van der Waals surface area (Å²) < 4.78 is 25.6. The molecule has 0 spiro atoms. The minimum Gasteiger partial charge on any atom is -0.356 e. The van der Waals surface area contributed by atoms with Gasteiger partial charge in [-0.25, -0.2) is 8.78 Å². The summed E-state index contributed by atoms with van der Waals surface area (Å²) in [5, 5.41) is 2.68.